The first kappa shape index (κ1) is 21.5. The molecule has 4 heterocycles. The van der Waals surface area contributed by atoms with Crippen molar-refractivity contribution in [3.8, 4) is 22.9 Å². The van der Waals surface area contributed by atoms with Crippen LogP contribution in [-0.4, -0.2) is 70.3 Å². The molecular formula is C21H25F2N5O3. The molecule has 5 rings (SSSR count). The standard InChI is InChI=1S/C21H25F2N5O3/c1-20(2,29)21(22,23)31-16-6-5-15(19-25-7-4-8-26-19)18(17(16)24-3)30-12-28-10-13-9-14(11-28)27-13/h4-8,13-14,27,29H,3,9-12H2,1-2H3. The Morgan fingerprint density at radius 3 is 2.48 bits per heavy atom. The predicted octanol–water partition coefficient (Wildman–Crippen LogP) is 2.60. The van der Waals surface area contributed by atoms with Crippen LogP contribution < -0.4 is 14.8 Å². The average molecular weight is 433 g/mol. The third-order valence-electron chi connectivity index (χ3n) is 5.40. The van der Waals surface area contributed by atoms with Gasteiger partial charge in [0.2, 0.25) is 0 Å². The zero-order valence-corrected chi connectivity index (χ0v) is 17.4. The van der Waals surface area contributed by atoms with Gasteiger partial charge in [-0.3, -0.25) is 9.89 Å². The Labute approximate surface area is 178 Å². The van der Waals surface area contributed by atoms with Crippen molar-refractivity contribution >= 4 is 12.4 Å². The maximum Gasteiger partial charge on any atom is 0.426 e. The number of piperidine rings is 1. The smallest absolute Gasteiger partial charge is 0.426 e. The molecule has 3 aliphatic heterocycles. The molecule has 2 unspecified atom stereocenters. The zero-order valence-electron chi connectivity index (χ0n) is 17.4. The zero-order chi connectivity index (χ0) is 22.2. The summed E-state index contributed by atoms with van der Waals surface area (Å²) in [5.41, 5.74) is -1.94. The Hall–Kier alpha value is -2.69. The lowest BCUT2D eigenvalue weighted by Gasteiger charge is -2.48. The van der Waals surface area contributed by atoms with Gasteiger partial charge in [0.1, 0.15) is 12.4 Å². The van der Waals surface area contributed by atoms with E-state index in [9.17, 15) is 13.9 Å². The van der Waals surface area contributed by atoms with E-state index in [0.29, 0.717) is 23.5 Å². The lowest BCUT2D eigenvalue weighted by atomic mass is 9.92. The number of alkyl halides is 2. The third-order valence-corrected chi connectivity index (χ3v) is 5.40. The second-order valence-electron chi connectivity index (χ2n) is 8.30. The highest BCUT2D eigenvalue weighted by Gasteiger charge is 2.49. The predicted molar refractivity (Wildman–Crippen MR) is 111 cm³/mol. The van der Waals surface area contributed by atoms with Crippen LogP contribution in [0.3, 0.4) is 0 Å². The van der Waals surface area contributed by atoms with Crippen molar-refractivity contribution in [3.63, 3.8) is 0 Å². The fourth-order valence-electron chi connectivity index (χ4n) is 3.67. The number of halogens is 2. The van der Waals surface area contributed by atoms with Crippen LogP contribution in [0.5, 0.6) is 11.5 Å². The van der Waals surface area contributed by atoms with Gasteiger partial charge in [-0.1, -0.05) is 0 Å². The fourth-order valence-corrected chi connectivity index (χ4v) is 3.67. The molecule has 8 nitrogen and oxygen atoms in total. The number of piperazine rings is 1. The van der Waals surface area contributed by atoms with Crippen LogP contribution in [0.15, 0.2) is 35.6 Å². The number of nitrogens with one attached hydrogen (secondary N) is 1. The summed E-state index contributed by atoms with van der Waals surface area (Å²) in [7, 11) is 0. The van der Waals surface area contributed by atoms with Crippen LogP contribution in [0.1, 0.15) is 20.3 Å². The second kappa shape index (κ2) is 8.10. The summed E-state index contributed by atoms with van der Waals surface area (Å²) in [4.78, 5) is 14.5. The molecule has 1 aromatic heterocycles. The molecule has 0 saturated carbocycles. The van der Waals surface area contributed by atoms with Gasteiger partial charge in [-0.15, -0.1) is 0 Å². The molecular weight excluding hydrogens is 408 g/mol. The SMILES string of the molecule is C=Nc1c(OC(F)(F)C(C)(C)O)ccc(-c2ncccn2)c1OCN1CC2CC(C1)N2. The molecule has 166 valence electrons. The molecule has 3 fully saturated rings. The molecule has 2 atom stereocenters. The van der Waals surface area contributed by atoms with E-state index in [1.54, 1.807) is 18.5 Å². The molecule has 2 aromatic rings. The number of benzene rings is 1. The number of hydrogen-bond acceptors (Lipinski definition) is 8. The van der Waals surface area contributed by atoms with Gasteiger partial charge in [-0.2, -0.15) is 8.78 Å². The molecule has 0 aliphatic carbocycles. The molecule has 31 heavy (non-hydrogen) atoms. The summed E-state index contributed by atoms with van der Waals surface area (Å²) in [6, 6.07) is 5.41. The maximum absolute atomic E-state index is 14.4. The Kier molecular flexibility index (Phi) is 5.63. The average Bonchev–Trinajstić information content (AvgIpc) is 2.71. The van der Waals surface area contributed by atoms with E-state index in [1.807, 2.05) is 0 Å². The van der Waals surface area contributed by atoms with Crippen LogP contribution in [0, 0.1) is 0 Å². The first-order valence-corrected chi connectivity index (χ1v) is 9.99. The minimum absolute atomic E-state index is 0.00540. The number of hydrogen-bond donors (Lipinski definition) is 2. The number of fused-ring (bicyclic) bond motifs is 2. The quantitative estimate of drug-likeness (QED) is 0.619. The fraction of sp³-hybridized carbons (Fsp3) is 0.476. The van der Waals surface area contributed by atoms with Crippen molar-refractivity contribution in [1.29, 1.82) is 0 Å². The van der Waals surface area contributed by atoms with E-state index in [1.165, 1.54) is 12.1 Å². The van der Waals surface area contributed by atoms with E-state index in [4.69, 9.17) is 9.47 Å². The van der Waals surface area contributed by atoms with E-state index < -0.39 is 11.7 Å². The monoisotopic (exact) mass is 433 g/mol. The number of aliphatic imine (C=N–C) groups is 1. The maximum atomic E-state index is 14.4. The van der Waals surface area contributed by atoms with Crippen molar-refractivity contribution in [2.45, 2.75) is 44.1 Å². The van der Waals surface area contributed by atoms with E-state index in [-0.39, 0.29) is 23.9 Å². The number of ether oxygens (including phenoxy) is 2. The van der Waals surface area contributed by atoms with Gasteiger partial charge in [0.25, 0.3) is 0 Å². The highest BCUT2D eigenvalue weighted by atomic mass is 19.3. The Bertz CT molecular complexity index is 936. The van der Waals surface area contributed by atoms with E-state index in [0.717, 1.165) is 33.4 Å². The molecule has 0 spiro atoms. The molecule has 3 aliphatic rings. The summed E-state index contributed by atoms with van der Waals surface area (Å²) >= 11 is 0. The van der Waals surface area contributed by atoms with Gasteiger partial charge in [0.15, 0.2) is 22.9 Å². The van der Waals surface area contributed by atoms with Gasteiger partial charge in [0, 0.05) is 37.6 Å². The largest absolute Gasteiger partial charge is 0.475 e. The van der Waals surface area contributed by atoms with Crippen LogP contribution in [-0.2, 0) is 0 Å². The number of aromatic nitrogens is 2. The summed E-state index contributed by atoms with van der Waals surface area (Å²) in [6.07, 6.45) is 0.427. The summed E-state index contributed by atoms with van der Waals surface area (Å²) in [5.74, 6) is 0.281. The Balaban J connectivity index is 1.68. The summed E-state index contributed by atoms with van der Waals surface area (Å²) < 4.78 is 39.7. The minimum atomic E-state index is -3.87. The molecule has 1 aromatic carbocycles. The van der Waals surface area contributed by atoms with Gasteiger partial charge in [-0.05, 0) is 45.2 Å². The highest BCUT2D eigenvalue weighted by molar-refractivity contribution is 5.78. The first-order chi connectivity index (χ1) is 14.7. The second-order valence-corrected chi connectivity index (χ2v) is 8.30. The molecule has 2 bridgehead atoms. The topological polar surface area (TPSA) is 92.1 Å². The molecule has 3 saturated heterocycles. The van der Waals surface area contributed by atoms with E-state index >= 15 is 0 Å². The molecule has 0 radical (unpaired) electrons. The van der Waals surface area contributed by atoms with Crippen LogP contribution in [0.25, 0.3) is 11.4 Å². The van der Waals surface area contributed by atoms with Gasteiger partial charge in [0.05, 0.1) is 5.56 Å². The molecule has 2 N–H and O–H groups in total. The minimum Gasteiger partial charge on any atom is -0.475 e. The lowest BCUT2D eigenvalue weighted by molar-refractivity contribution is -0.276. The number of aliphatic hydroxyl groups is 1. The number of rotatable bonds is 8. The van der Waals surface area contributed by atoms with Crippen LogP contribution in [0.4, 0.5) is 14.5 Å². The van der Waals surface area contributed by atoms with Crippen LogP contribution >= 0.6 is 0 Å². The Morgan fingerprint density at radius 1 is 1.26 bits per heavy atom. The van der Waals surface area contributed by atoms with Gasteiger partial charge in [-0.25, -0.2) is 9.97 Å². The number of nitrogens with zero attached hydrogens (tertiary/aromatic N) is 4. The van der Waals surface area contributed by atoms with Crippen LogP contribution in [0.2, 0.25) is 0 Å². The third kappa shape index (κ3) is 4.36. The molecule has 0 amide bonds. The van der Waals surface area contributed by atoms with Crippen molar-refractivity contribution in [2.75, 3.05) is 19.8 Å². The van der Waals surface area contributed by atoms with Gasteiger partial charge < -0.3 is 19.9 Å². The van der Waals surface area contributed by atoms with Crippen molar-refractivity contribution in [3.05, 3.63) is 30.6 Å². The van der Waals surface area contributed by atoms with Crippen molar-refractivity contribution in [1.82, 2.24) is 20.2 Å². The first-order valence-electron chi connectivity index (χ1n) is 9.99. The lowest BCUT2D eigenvalue weighted by Crippen LogP contribution is -2.67. The normalized spacial score (nSPS) is 21.3. The summed E-state index contributed by atoms with van der Waals surface area (Å²) in [6.45, 7) is 7.34. The Morgan fingerprint density at radius 2 is 1.90 bits per heavy atom. The van der Waals surface area contributed by atoms with Gasteiger partial charge >= 0.3 is 6.11 Å². The van der Waals surface area contributed by atoms with Crippen molar-refractivity contribution in [2.24, 2.45) is 4.99 Å². The van der Waals surface area contributed by atoms with Crippen molar-refractivity contribution < 1.29 is 23.4 Å². The summed E-state index contributed by atoms with van der Waals surface area (Å²) in [5, 5.41) is 13.2. The van der Waals surface area contributed by atoms with E-state index in [2.05, 4.69) is 31.9 Å². The highest BCUT2D eigenvalue weighted by Crippen LogP contribution is 2.46. The molecule has 10 heteroatoms.